The third-order valence-corrected chi connectivity index (χ3v) is 2.30. The molecule has 0 heterocycles. The van der Waals surface area contributed by atoms with Gasteiger partial charge in [-0.3, -0.25) is 4.79 Å². The molecule has 2 nitrogen and oxygen atoms in total. The van der Waals surface area contributed by atoms with Gasteiger partial charge in [0.25, 0.3) is 0 Å². The van der Waals surface area contributed by atoms with Crippen LogP contribution in [0.25, 0.3) is 0 Å². The number of carbonyl (C=O) groups excluding carboxylic acids is 1. The Bertz CT molecular complexity index is 151. The van der Waals surface area contributed by atoms with Gasteiger partial charge in [0.15, 0.2) is 0 Å². The fourth-order valence-electron chi connectivity index (χ4n) is 1.75. The summed E-state index contributed by atoms with van der Waals surface area (Å²) in [4.78, 5) is 10.7. The monoisotopic (exact) mass is 220 g/mol. The molecule has 66 valence electrons. The van der Waals surface area contributed by atoms with E-state index < -0.39 is 0 Å². The molecule has 0 aromatic carbocycles. The largest absolute Gasteiger partial charge is 0.460 e. The minimum Gasteiger partial charge on any atom is -0.460 e. The zero-order valence-electron chi connectivity index (χ0n) is 8.06. The first-order valence-electron chi connectivity index (χ1n) is 4.32. The van der Waals surface area contributed by atoms with E-state index in [-0.39, 0.29) is 31.0 Å². The SMILES string of the molecule is CC(=O)OC1(C)CCCCC1.[Zn]. The summed E-state index contributed by atoms with van der Waals surface area (Å²) in [5, 5.41) is 0. The first-order valence-corrected chi connectivity index (χ1v) is 4.32. The smallest absolute Gasteiger partial charge is 0.303 e. The number of ether oxygens (including phenoxy) is 1. The number of carbonyl (C=O) groups is 1. The summed E-state index contributed by atoms with van der Waals surface area (Å²) in [5.74, 6) is -0.144. The zero-order chi connectivity index (χ0) is 8.32. The van der Waals surface area contributed by atoms with Crippen LogP contribution in [0.15, 0.2) is 0 Å². The Morgan fingerprint density at radius 1 is 1.25 bits per heavy atom. The van der Waals surface area contributed by atoms with Crippen LogP contribution in [-0.4, -0.2) is 11.6 Å². The normalized spacial score (nSPS) is 20.8. The van der Waals surface area contributed by atoms with Crippen molar-refractivity contribution in [3.8, 4) is 0 Å². The molecule has 0 saturated heterocycles. The van der Waals surface area contributed by atoms with Crippen molar-refractivity contribution < 1.29 is 29.0 Å². The van der Waals surface area contributed by atoms with Crippen LogP contribution in [0, 0.1) is 0 Å². The summed E-state index contributed by atoms with van der Waals surface area (Å²) in [6, 6.07) is 0. The summed E-state index contributed by atoms with van der Waals surface area (Å²) < 4.78 is 5.24. The molecule has 1 rings (SSSR count). The quantitative estimate of drug-likeness (QED) is 0.502. The van der Waals surface area contributed by atoms with Crippen LogP contribution in [0.4, 0.5) is 0 Å². The molecule has 3 heteroatoms. The molecule has 1 fully saturated rings. The maximum atomic E-state index is 10.7. The number of hydrogen-bond donors (Lipinski definition) is 0. The molecule has 0 aromatic rings. The molecule has 1 saturated carbocycles. The summed E-state index contributed by atoms with van der Waals surface area (Å²) in [6.45, 7) is 3.52. The fraction of sp³-hybridized carbons (Fsp3) is 0.889. The molecule has 0 spiro atoms. The number of hydrogen-bond acceptors (Lipinski definition) is 2. The molecule has 0 amide bonds. The Kier molecular flexibility index (Phi) is 5.00. The van der Waals surface area contributed by atoms with E-state index >= 15 is 0 Å². The van der Waals surface area contributed by atoms with Crippen molar-refractivity contribution in [3.63, 3.8) is 0 Å². The van der Waals surface area contributed by atoms with Gasteiger partial charge in [-0.2, -0.15) is 0 Å². The average Bonchev–Trinajstić information content (AvgIpc) is 1.85. The van der Waals surface area contributed by atoms with Crippen molar-refractivity contribution in [2.45, 2.75) is 51.6 Å². The third kappa shape index (κ3) is 3.66. The van der Waals surface area contributed by atoms with Crippen LogP contribution in [0.1, 0.15) is 46.0 Å². The van der Waals surface area contributed by atoms with Crippen LogP contribution >= 0.6 is 0 Å². The predicted octanol–water partition coefficient (Wildman–Crippen LogP) is 2.27. The molecule has 0 aliphatic heterocycles. The van der Waals surface area contributed by atoms with Gasteiger partial charge in [-0.25, -0.2) is 0 Å². The van der Waals surface area contributed by atoms with Gasteiger partial charge in [0.05, 0.1) is 0 Å². The minimum absolute atomic E-state index is 0. The van der Waals surface area contributed by atoms with E-state index in [4.69, 9.17) is 4.74 Å². The number of esters is 1. The molecule has 1 aliphatic rings. The van der Waals surface area contributed by atoms with Gasteiger partial charge in [-0.05, 0) is 32.6 Å². The van der Waals surface area contributed by atoms with Crippen molar-refractivity contribution in [2.24, 2.45) is 0 Å². The maximum absolute atomic E-state index is 10.7. The topological polar surface area (TPSA) is 26.3 Å². The van der Waals surface area contributed by atoms with Crippen molar-refractivity contribution in [1.82, 2.24) is 0 Å². The second kappa shape index (κ2) is 4.96. The molecule has 0 atom stereocenters. The average molecular weight is 222 g/mol. The molecule has 1 aliphatic carbocycles. The Hall–Kier alpha value is 0.0934. The summed E-state index contributed by atoms with van der Waals surface area (Å²) >= 11 is 0. The van der Waals surface area contributed by atoms with E-state index in [0.29, 0.717) is 0 Å². The van der Waals surface area contributed by atoms with Crippen LogP contribution in [0.3, 0.4) is 0 Å². The van der Waals surface area contributed by atoms with Gasteiger partial charge >= 0.3 is 5.97 Å². The fourth-order valence-corrected chi connectivity index (χ4v) is 1.75. The van der Waals surface area contributed by atoms with Gasteiger partial charge in [0.2, 0.25) is 0 Å². The minimum atomic E-state index is -0.149. The predicted molar refractivity (Wildman–Crippen MR) is 43.3 cm³/mol. The Morgan fingerprint density at radius 2 is 1.75 bits per heavy atom. The second-order valence-corrected chi connectivity index (χ2v) is 3.60. The Morgan fingerprint density at radius 3 is 2.17 bits per heavy atom. The van der Waals surface area contributed by atoms with Gasteiger partial charge in [-0.15, -0.1) is 0 Å². The van der Waals surface area contributed by atoms with E-state index in [1.54, 1.807) is 0 Å². The summed E-state index contributed by atoms with van der Waals surface area (Å²) in [5.41, 5.74) is -0.149. The van der Waals surface area contributed by atoms with Crippen molar-refractivity contribution in [3.05, 3.63) is 0 Å². The molecular weight excluding hydrogens is 205 g/mol. The van der Waals surface area contributed by atoms with Crippen molar-refractivity contribution in [2.75, 3.05) is 0 Å². The van der Waals surface area contributed by atoms with Gasteiger partial charge < -0.3 is 4.74 Å². The third-order valence-electron chi connectivity index (χ3n) is 2.30. The molecule has 0 aromatic heterocycles. The standard InChI is InChI=1S/C9H16O2.Zn/c1-8(10)11-9(2)6-4-3-5-7-9;/h3-7H2,1-2H3;. The van der Waals surface area contributed by atoms with Crippen LogP contribution in [-0.2, 0) is 29.0 Å². The van der Waals surface area contributed by atoms with Crippen LogP contribution < -0.4 is 0 Å². The van der Waals surface area contributed by atoms with E-state index in [9.17, 15) is 4.79 Å². The van der Waals surface area contributed by atoms with Crippen molar-refractivity contribution >= 4 is 5.97 Å². The van der Waals surface area contributed by atoms with E-state index in [2.05, 4.69) is 0 Å². The first kappa shape index (κ1) is 12.1. The van der Waals surface area contributed by atoms with E-state index in [0.717, 1.165) is 12.8 Å². The molecule has 0 unspecified atom stereocenters. The van der Waals surface area contributed by atoms with Crippen LogP contribution in [0.2, 0.25) is 0 Å². The Labute approximate surface area is 86.8 Å². The van der Waals surface area contributed by atoms with Gasteiger partial charge in [-0.1, -0.05) is 6.42 Å². The van der Waals surface area contributed by atoms with E-state index in [1.807, 2.05) is 6.92 Å². The number of rotatable bonds is 1. The van der Waals surface area contributed by atoms with Gasteiger partial charge in [0.1, 0.15) is 5.60 Å². The summed E-state index contributed by atoms with van der Waals surface area (Å²) in [7, 11) is 0. The Balaban J connectivity index is 0.00000121. The van der Waals surface area contributed by atoms with Crippen LogP contribution in [0.5, 0.6) is 0 Å². The van der Waals surface area contributed by atoms with E-state index in [1.165, 1.54) is 26.2 Å². The molecule has 0 bridgehead atoms. The molecule has 0 N–H and O–H groups in total. The zero-order valence-corrected chi connectivity index (χ0v) is 11.0. The summed E-state index contributed by atoms with van der Waals surface area (Å²) in [6.07, 6.45) is 5.75. The molecule has 12 heavy (non-hydrogen) atoms. The van der Waals surface area contributed by atoms with Gasteiger partial charge in [0, 0.05) is 26.4 Å². The van der Waals surface area contributed by atoms with Crippen molar-refractivity contribution in [1.29, 1.82) is 0 Å². The molecule has 0 radical (unpaired) electrons. The molecular formula is C9H16O2Zn. The second-order valence-electron chi connectivity index (χ2n) is 3.60. The first-order chi connectivity index (χ1) is 5.12. The maximum Gasteiger partial charge on any atom is 0.303 e.